The van der Waals surface area contributed by atoms with E-state index in [0.29, 0.717) is 51.1 Å². The average molecular weight is 627 g/mol. The van der Waals surface area contributed by atoms with E-state index < -0.39 is 50.0 Å². The van der Waals surface area contributed by atoms with Crippen LogP contribution in [0.4, 0.5) is 23.4 Å². The molecule has 2 aliphatic rings. The Kier molecular flexibility index (Phi) is 8.22. The van der Waals surface area contributed by atoms with E-state index in [1.54, 1.807) is 0 Å². The molecule has 0 spiro atoms. The first-order valence-electron chi connectivity index (χ1n) is 11.4. The van der Waals surface area contributed by atoms with E-state index in [9.17, 15) is 22.4 Å². The third-order valence-electron chi connectivity index (χ3n) is 6.79. The molecule has 1 atom stereocenters. The second-order valence-electron chi connectivity index (χ2n) is 9.47. The summed E-state index contributed by atoms with van der Waals surface area (Å²) >= 11 is 3.72. The summed E-state index contributed by atoms with van der Waals surface area (Å²) < 4.78 is 57.0. The van der Waals surface area contributed by atoms with Crippen LogP contribution in [0.25, 0.3) is 0 Å². The molecule has 192 valence electrons. The van der Waals surface area contributed by atoms with Gasteiger partial charge < -0.3 is 0 Å². The van der Waals surface area contributed by atoms with Crippen LogP contribution in [0.1, 0.15) is 43.0 Å². The average Bonchev–Trinajstić information content (AvgIpc) is 3.19. The quantitative estimate of drug-likeness (QED) is 0.117. The number of hydrogen-bond acceptors (Lipinski definition) is 5. The Morgan fingerprint density at radius 1 is 1.31 bits per heavy atom. The molecule has 2 heterocycles. The number of anilines is 1. The Labute approximate surface area is 214 Å². The number of nitrogens with zero attached hydrogens (tertiary/aromatic N) is 3. The van der Waals surface area contributed by atoms with Gasteiger partial charge >= 0.3 is 204 Å². The number of halogens is 6. The SMILES string of the molecule is CI(Nc1nc(Cl)nc2c1CC(CCC(=O)C1(C)CN(CCF)C1)C2)c1cccc(C(F)F)c1F. The molecular formula is C24H28ClF4IN4O. The fourth-order valence-electron chi connectivity index (χ4n) is 4.92. The van der Waals surface area contributed by atoms with Crippen LogP contribution in [0, 0.1) is 20.7 Å². The van der Waals surface area contributed by atoms with E-state index in [0.717, 1.165) is 17.3 Å². The van der Waals surface area contributed by atoms with Gasteiger partial charge in [-0.25, -0.2) is 4.39 Å². The second kappa shape index (κ2) is 10.8. The van der Waals surface area contributed by atoms with Gasteiger partial charge in [0.2, 0.25) is 0 Å². The van der Waals surface area contributed by atoms with Gasteiger partial charge in [-0.15, -0.1) is 0 Å². The van der Waals surface area contributed by atoms with Crippen molar-refractivity contribution in [2.24, 2.45) is 11.3 Å². The molecule has 2 aromatic rings. The molecular weight excluding hydrogens is 599 g/mol. The minimum absolute atomic E-state index is 0.0731. The Hall–Kier alpha value is -1.53. The van der Waals surface area contributed by atoms with Gasteiger partial charge in [0.05, 0.1) is 0 Å². The van der Waals surface area contributed by atoms with Crippen LogP contribution in [-0.2, 0) is 17.6 Å². The van der Waals surface area contributed by atoms with Crippen molar-refractivity contribution in [3.05, 3.63) is 49.7 Å². The predicted octanol–water partition coefficient (Wildman–Crippen LogP) is 5.90. The first kappa shape index (κ1) is 26.5. The molecule has 0 amide bonds. The van der Waals surface area contributed by atoms with E-state index in [1.165, 1.54) is 12.1 Å². The maximum absolute atomic E-state index is 14.7. The molecule has 1 saturated heterocycles. The minimum atomic E-state index is -2.88. The van der Waals surface area contributed by atoms with Gasteiger partial charge in [0.1, 0.15) is 6.67 Å². The molecule has 1 aromatic carbocycles. The Morgan fingerprint density at radius 3 is 2.74 bits per heavy atom. The van der Waals surface area contributed by atoms with Gasteiger partial charge in [0, 0.05) is 0 Å². The van der Waals surface area contributed by atoms with Crippen molar-refractivity contribution >= 4 is 43.3 Å². The number of hydrogen-bond donors (Lipinski definition) is 1. The van der Waals surface area contributed by atoms with Crippen molar-refractivity contribution < 1.29 is 22.4 Å². The van der Waals surface area contributed by atoms with Crippen LogP contribution in [-0.4, -0.2) is 51.9 Å². The predicted molar refractivity (Wildman–Crippen MR) is 136 cm³/mol. The summed E-state index contributed by atoms with van der Waals surface area (Å²) in [4.78, 5) is 25.3. The molecule has 35 heavy (non-hydrogen) atoms. The number of likely N-dealkylation sites (tertiary alicyclic amines) is 1. The zero-order valence-electron chi connectivity index (χ0n) is 19.6. The number of alkyl halides is 4. The summed E-state index contributed by atoms with van der Waals surface area (Å²) in [7, 11) is 0. The first-order valence-corrected chi connectivity index (χ1v) is 16.1. The van der Waals surface area contributed by atoms with Crippen molar-refractivity contribution in [3.63, 3.8) is 0 Å². The van der Waals surface area contributed by atoms with Gasteiger partial charge in [-0.2, -0.15) is 0 Å². The Balaban J connectivity index is 1.41. The zero-order valence-corrected chi connectivity index (χ0v) is 22.5. The van der Waals surface area contributed by atoms with Crippen LogP contribution in [0.15, 0.2) is 18.2 Å². The van der Waals surface area contributed by atoms with Gasteiger partial charge in [-0.3, -0.25) is 0 Å². The van der Waals surface area contributed by atoms with E-state index in [4.69, 9.17) is 11.6 Å². The summed E-state index contributed by atoms with van der Waals surface area (Å²) in [6.45, 7) is 3.10. The molecule has 0 radical (unpaired) electrons. The van der Waals surface area contributed by atoms with E-state index >= 15 is 0 Å². The molecule has 0 bridgehead atoms. The number of carbonyl (C=O) groups is 1. The van der Waals surface area contributed by atoms with Crippen molar-refractivity contribution in [1.29, 1.82) is 0 Å². The van der Waals surface area contributed by atoms with Gasteiger partial charge in [0.15, 0.2) is 0 Å². The number of benzene rings is 1. The van der Waals surface area contributed by atoms with Gasteiger partial charge in [-0.05, 0) is 0 Å². The van der Waals surface area contributed by atoms with Crippen LogP contribution in [0.2, 0.25) is 5.28 Å². The summed E-state index contributed by atoms with van der Waals surface area (Å²) in [5.74, 6) is 0.0509. The van der Waals surface area contributed by atoms with Crippen molar-refractivity contribution in [2.75, 3.05) is 34.8 Å². The first-order chi connectivity index (χ1) is 16.6. The molecule has 1 aromatic heterocycles. The number of Topliss-reactive ketones (excluding diaryl/α,β-unsaturated/α-hetero) is 1. The fraction of sp³-hybridized carbons (Fsp3) is 0.542. The maximum atomic E-state index is 14.7. The van der Waals surface area contributed by atoms with Crippen molar-refractivity contribution in [1.82, 2.24) is 14.9 Å². The monoisotopic (exact) mass is 626 g/mol. The molecule has 0 saturated carbocycles. The summed E-state index contributed by atoms with van der Waals surface area (Å²) in [6.07, 6.45) is -0.409. The van der Waals surface area contributed by atoms with Crippen LogP contribution < -0.4 is 3.53 Å². The molecule has 1 aliphatic carbocycles. The number of fused-ring (bicyclic) bond motifs is 1. The number of aromatic nitrogens is 2. The van der Waals surface area contributed by atoms with E-state index in [1.807, 2.05) is 16.8 Å². The van der Waals surface area contributed by atoms with Crippen LogP contribution in [0.5, 0.6) is 0 Å². The summed E-state index contributed by atoms with van der Waals surface area (Å²) in [6, 6.07) is 4.08. The molecule has 1 N–H and O–H groups in total. The number of nitrogens with one attached hydrogen (secondary N) is 1. The number of ketones is 1. The molecule has 1 aliphatic heterocycles. The molecule has 11 heteroatoms. The topological polar surface area (TPSA) is 58.1 Å². The Morgan fingerprint density at radius 2 is 2.06 bits per heavy atom. The normalized spacial score (nSPS) is 19.4. The molecule has 1 fully saturated rings. The van der Waals surface area contributed by atoms with Crippen LogP contribution >= 0.6 is 31.7 Å². The van der Waals surface area contributed by atoms with Gasteiger partial charge in [-0.1, -0.05) is 0 Å². The van der Waals surface area contributed by atoms with Crippen molar-refractivity contribution in [3.8, 4) is 0 Å². The molecule has 1 unspecified atom stereocenters. The number of rotatable bonds is 10. The molecule has 4 rings (SSSR count). The fourth-order valence-corrected chi connectivity index (χ4v) is 8.38. The van der Waals surface area contributed by atoms with Gasteiger partial charge in [0.25, 0.3) is 0 Å². The standard InChI is InChI=1S/C24H28ClF4IN4O/c1-24(12-34(13-24)9-8-26)19(35)7-6-14-10-16-18(11-14)31-23(25)32-22(16)33-30(2)17-5-3-4-15(20(17)27)21(28)29/h3-5,14,21H,6-13H2,1-2H3,(H,31,32,33). The van der Waals surface area contributed by atoms with Crippen molar-refractivity contribution in [2.45, 2.75) is 39.0 Å². The summed E-state index contributed by atoms with van der Waals surface area (Å²) in [5, 5.41) is 0.0731. The second-order valence-corrected chi connectivity index (χ2v) is 14.2. The third kappa shape index (κ3) is 5.74. The third-order valence-corrected chi connectivity index (χ3v) is 10.9. The van der Waals surface area contributed by atoms with E-state index in [-0.39, 0.29) is 20.6 Å². The van der Waals surface area contributed by atoms with E-state index in [2.05, 4.69) is 13.5 Å². The Bertz CT molecular complexity index is 1100. The molecule has 5 nitrogen and oxygen atoms in total. The van der Waals surface area contributed by atoms with Crippen LogP contribution in [0.3, 0.4) is 0 Å². The zero-order chi connectivity index (χ0) is 25.3. The summed E-state index contributed by atoms with van der Waals surface area (Å²) in [5.41, 5.74) is 0.692. The number of carbonyl (C=O) groups excluding carboxylic acids is 1.